The van der Waals surface area contributed by atoms with Crippen LogP contribution in [0.1, 0.15) is 41.3 Å². The van der Waals surface area contributed by atoms with Gasteiger partial charge in [0.1, 0.15) is 5.82 Å². The van der Waals surface area contributed by atoms with E-state index in [1.54, 1.807) is 12.1 Å². The van der Waals surface area contributed by atoms with Crippen LogP contribution in [0.25, 0.3) is 0 Å². The van der Waals surface area contributed by atoms with E-state index in [9.17, 15) is 18.0 Å². The van der Waals surface area contributed by atoms with E-state index in [0.717, 1.165) is 17.8 Å². The zero-order valence-electron chi connectivity index (χ0n) is 15.9. The van der Waals surface area contributed by atoms with Crippen LogP contribution in [0.3, 0.4) is 0 Å². The van der Waals surface area contributed by atoms with Crippen molar-refractivity contribution in [3.63, 3.8) is 0 Å². The lowest BCUT2D eigenvalue weighted by molar-refractivity contribution is -0.137. The number of anilines is 3. The number of benzene rings is 2. The summed E-state index contributed by atoms with van der Waals surface area (Å²) in [6.07, 6.45) is -2.95. The molecule has 0 bridgehead atoms. The second-order valence-corrected chi connectivity index (χ2v) is 6.83. The normalized spacial score (nSPS) is 11.4. The fourth-order valence-electron chi connectivity index (χ4n) is 2.75. The van der Waals surface area contributed by atoms with Crippen LogP contribution >= 0.6 is 0 Å². The summed E-state index contributed by atoms with van der Waals surface area (Å²) in [4.78, 5) is 16.9. The van der Waals surface area contributed by atoms with Crippen molar-refractivity contribution in [1.29, 1.82) is 0 Å². The van der Waals surface area contributed by atoms with Gasteiger partial charge in [-0.2, -0.15) is 13.2 Å². The van der Waals surface area contributed by atoms with Gasteiger partial charge in [-0.15, -0.1) is 0 Å². The number of carbonyl (C=O) groups is 1. The van der Waals surface area contributed by atoms with Gasteiger partial charge < -0.3 is 10.6 Å². The van der Waals surface area contributed by atoms with Crippen molar-refractivity contribution < 1.29 is 18.0 Å². The van der Waals surface area contributed by atoms with Crippen LogP contribution in [-0.2, 0) is 6.18 Å². The van der Waals surface area contributed by atoms with Crippen LogP contribution in [0.5, 0.6) is 0 Å². The summed E-state index contributed by atoms with van der Waals surface area (Å²) in [7, 11) is 0. The molecule has 0 radical (unpaired) electrons. The fourth-order valence-corrected chi connectivity index (χ4v) is 2.75. The minimum absolute atomic E-state index is 0.0564. The summed E-state index contributed by atoms with van der Waals surface area (Å²) in [6, 6.07) is 15.4. The van der Waals surface area contributed by atoms with Crippen molar-refractivity contribution in [2.24, 2.45) is 0 Å². The second-order valence-electron chi connectivity index (χ2n) is 6.83. The molecule has 1 aromatic heterocycles. The summed E-state index contributed by atoms with van der Waals surface area (Å²) < 4.78 is 38.6. The number of rotatable bonds is 5. The molecule has 150 valence electrons. The smallest absolute Gasteiger partial charge is 0.340 e. The molecular formula is C22H20F3N3O. The Hall–Kier alpha value is -3.35. The first kappa shape index (κ1) is 20.4. The van der Waals surface area contributed by atoms with Gasteiger partial charge in [0.2, 0.25) is 0 Å². The lowest BCUT2D eigenvalue weighted by atomic mass is 10.0. The van der Waals surface area contributed by atoms with Gasteiger partial charge in [-0.3, -0.25) is 4.79 Å². The maximum absolute atomic E-state index is 12.9. The van der Waals surface area contributed by atoms with Gasteiger partial charge in [0.05, 0.1) is 11.1 Å². The standard InChI is InChI=1S/C22H20F3N3O/c1-14(2)15-8-10-17(11-9-15)27-20-19(7-4-12-26-20)21(29)28-18-6-3-5-16(13-18)22(23,24)25/h3-14H,1-2H3,(H,26,27)(H,28,29). The Morgan fingerprint density at radius 2 is 1.69 bits per heavy atom. The maximum atomic E-state index is 12.9. The number of hydrogen-bond acceptors (Lipinski definition) is 3. The monoisotopic (exact) mass is 399 g/mol. The van der Waals surface area contributed by atoms with E-state index in [0.29, 0.717) is 11.7 Å². The summed E-state index contributed by atoms with van der Waals surface area (Å²) >= 11 is 0. The summed E-state index contributed by atoms with van der Waals surface area (Å²) in [5.41, 5.74) is 1.38. The molecule has 3 rings (SSSR count). The summed E-state index contributed by atoms with van der Waals surface area (Å²) in [5, 5.41) is 5.59. The summed E-state index contributed by atoms with van der Waals surface area (Å²) in [6.45, 7) is 4.19. The lowest BCUT2D eigenvalue weighted by Gasteiger charge is -2.13. The number of halogens is 3. The van der Waals surface area contributed by atoms with Crippen molar-refractivity contribution in [3.05, 3.63) is 83.6 Å². The van der Waals surface area contributed by atoms with E-state index >= 15 is 0 Å². The first-order valence-corrected chi connectivity index (χ1v) is 9.04. The fraction of sp³-hybridized carbons (Fsp3) is 0.182. The van der Waals surface area contributed by atoms with Crippen molar-refractivity contribution >= 4 is 23.1 Å². The average Bonchev–Trinajstić information content (AvgIpc) is 2.68. The Morgan fingerprint density at radius 1 is 0.966 bits per heavy atom. The van der Waals surface area contributed by atoms with Gasteiger partial charge >= 0.3 is 6.18 Å². The van der Waals surface area contributed by atoms with E-state index in [1.807, 2.05) is 24.3 Å². The molecule has 29 heavy (non-hydrogen) atoms. The second kappa shape index (κ2) is 8.34. The van der Waals surface area contributed by atoms with Gasteiger partial charge in [-0.25, -0.2) is 4.98 Å². The van der Waals surface area contributed by atoms with Crippen LogP contribution < -0.4 is 10.6 Å². The molecule has 3 aromatic rings. The van der Waals surface area contributed by atoms with Gasteiger partial charge in [0.25, 0.3) is 5.91 Å². The molecule has 0 fully saturated rings. The number of pyridine rings is 1. The molecule has 0 saturated heterocycles. The molecule has 1 amide bonds. The first-order chi connectivity index (χ1) is 13.7. The Balaban J connectivity index is 1.80. The summed E-state index contributed by atoms with van der Waals surface area (Å²) in [5.74, 6) is 0.153. The molecule has 2 N–H and O–H groups in total. The minimum Gasteiger partial charge on any atom is -0.340 e. The maximum Gasteiger partial charge on any atom is 0.416 e. The van der Waals surface area contributed by atoms with Crippen molar-refractivity contribution in [2.75, 3.05) is 10.6 Å². The molecule has 2 aromatic carbocycles. The highest BCUT2D eigenvalue weighted by Crippen LogP contribution is 2.31. The van der Waals surface area contributed by atoms with E-state index in [2.05, 4.69) is 29.5 Å². The van der Waals surface area contributed by atoms with Gasteiger partial charge in [-0.1, -0.05) is 32.0 Å². The van der Waals surface area contributed by atoms with Gasteiger partial charge in [0.15, 0.2) is 0 Å². The van der Waals surface area contributed by atoms with Crippen LogP contribution in [0.15, 0.2) is 66.9 Å². The molecule has 1 heterocycles. The quantitative estimate of drug-likeness (QED) is 0.535. The Bertz CT molecular complexity index is 999. The molecule has 0 aliphatic heterocycles. The lowest BCUT2D eigenvalue weighted by Crippen LogP contribution is -2.15. The number of hydrogen-bond donors (Lipinski definition) is 2. The highest BCUT2D eigenvalue weighted by atomic mass is 19.4. The largest absolute Gasteiger partial charge is 0.416 e. The highest BCUT2D eigenvalue weighted by molar-refractivity contribution is 6.07. The third-order valence-electron chi connectivity index (χ3n) is 4.34. The molecule has 0 atom stereocenters. The van der Waals surface area contributed by atoms with E-state index < -0.39 is 17.6 Å². The predicted molar refractivity (Wildman–Crippen MR) is 107 cm³/mol. The number of nitrogens with zero attached hydrogens (tertiary/aromatic N) is 1. The van der Waals surface area contributed by atoms with E-state index in [4.69, 9.17) is 0 Å². The highest BCUT2D eigenvalue weighted by Gasteiger charge is 2.30. The van der Waals surface area contributed by atoms with E-state index in [1.165, 1.54) is 23.9 Å². The Kier molecular flexibility index (Phi) is 5.87. The number of amides is 1. The topological polar surface area (TPSA) is 54.0 Å². The average molecular weight is 399 g/mol. The molecule has 0 unspecified atom stereocenters. The van der Waals surface area contributed by atoms with E-state index in [-0.39, 0.29) is 11.3 Å². The number of alkyl halides is 3. The molecular weight excluding hydrogens is 379 g/mol. The van der Waals surface area contributed by atoms with Crippen molar-refractivity contribution in [2.45, 2.75) is 25.9 Å². The minimum atomic E-state index is -4.48. The molecule has 0 spiro atoms. The zero-order chi connectivity index (χ0) is 21.0. The molecule has 0 saturated carbocycles. The SMILES string of the molecule is CC(C)c1ccc(Nc2ncccc2C(=O)Nc2cccc(C(F)(F)F)c2)cc1. The molecule has 4 nitrogen and oxygen atoms in total. The molecule has 7 heteroatoms. The molecule has 0 aliphatic rings. The Morgan fingerprint density at radius 3 is 2.34 bits per heavy atom. The van der Waals surface area contributed by atoms with Gasteiger partial charge in [-0.05, 0) is 53.9 Å². The zero-order valence-corrected chi connectivity index (χ0v) is 15.9. The van der Waals surface area contributed by atoms with Crippen molar-refractivity contribution in [3.8, 4) is 0 Å². The Labute approximate surface area is 166 Å². The third kappa shape index (κ3) is 5.13. The third-order valence-corrected chi connectivity index (χ3v) is 4.34. The number of aromatic nitrogens is 1. The van der Waals surface area contributed by atoms with Crippen LogP contribution in [-0.4, -0.2) is 10.9 Å². The van der Waals surface area contributed by atoms with Crippen molar-refractivity contribution in [1.82, 2.24) is 4.98 Å². The van der Waals surface area contributed by atoms with Gasteiger partial charge in [0, 0.05) is 17.6 Å². The first-order valence-electron chi connectivity index (χ1n) is 9.04. The van der Waals surface area contributed by atoms with Crippen LogP contribution in [0, 0.1) is 0 Å². The van der Waals surface area contributed by atoms with Crippen LogP contribution in [0.2, 0.25) is 0 Å². The number of carbonyl (C=O) groups excluding carboxylic acids is 1. The molecule has 0 aliphatic carbocycles. The van der Waals surface area contributed by atoms with Crippen LogP contribution in [0.4, 0.5) is 30.4 Å². The predicted octanol–water partition coefficient (Wildman–Crippen LogP) is 6.22. The number of nitrogens with one attached hydrogen (secondary N) is 2.